The molecule has 2 N–H and O–H groups in total. The third-order valence-corrected chi connectivity index (χ3v) is 3.98. The van der Waals surface area contributed by atoms with Crippen LogP contribution in [0.15, 0.2) is 24.3 Å². The summed E-state index contributed by atoms with van der Waals surface area (Å²) in [7, 11) is 0. The fourth-order valence-electron chi connectivity index (χ4n) is 2.86. The number of nitrogens with zero attached hydrogens (tertiary/aromatic N) is 2. The molecule has 0 aliphatic carbocycles. The number of ether oxygens (including phenoxy) is 1. The molecule has 0 amide bonds. The van der Waals surface area contributed by atoms with Gasteiger partial charge in [0.15, 0.2) is 0 Å². The van der Waals surface area contributed by atoms with E-state index in [9.17, 15) is 4.79 Å². The van der Waals surface area contributed by atoms with E-state index in [1.54, 1.807) is 0 Å². The van der Waals surface area contributed by atoms with Crippen LogP contribution in [0.5, 0.6) is 0 Å². The summed E-state index contributed by atoms with van der Waals surface area (Å²) in [4.78, 5) is 16.5. The summed E-state index contributed by atoms with van der Waals surface area (Å²) in [6.45, 7) is 7.78. The van der Waals surface area contributed by atoms with Crippen LogP contribution in [-0.4, -0.2) is 49.7 Å². The van der Waals surface area contributed by atoms with Crippen molar-refractivity contribution in [1.29, 1.82) is 0 Å². The van der Waals surface area contributed by atoms with E-state index in [1.165, 1.54) is 0 Å². The van der Waals surface area contributed by atoms with Crippen molar-refractivity contribution in [2.45, 2.75) is 26.3 Å². The molecule has 2 rings (SSSR count). The predicted octanol–water partition coefficient (Wildman–Crippen LogP) is 1.73. The van der Waals surface area contributed by atoms with Crippen molar-refractivity contribution in [3.63, 3.8) is 0 Å². The second-order valence-corrected chi connectivity index (χ2v) is 5.26. The van der Waals surface area contributed by atoms with E-state index in [2.05, 4.69) is 9.80 Å². The summed E-state index contributed by atoms with van der Waals surface area (Å²) in [5, 5.41) is 0. The first-order chi connectivity index (χ1) is 10.2. The highest BCUT2D eigenvalue weighted by Gasteiger charge is 2.29. The quantitative estimate of drug-likeness (QED) is 0.661. The molecule has 1 unspecified atom stereocenters. The van der Waals surface area contributed by atoms with Crippen molar-refractivity contribution in [2.24, 2.45) is 0 Å². The van der Waals surface area contributed by atoms with Crippen molar-refractivity contribution in [3.8, 4) is 0 Å². The van der Waals surface area contributed by atoms with Crippen molar-refractivity contribution >= 4 is 17.3 Å². The van der Waals surface area contributed by atoms with Crippen LogP contribution in [0, 0.1) is 0 Å². The summed E-state index contributed by atoms with van der Waals surface area (Å²) < 4.78 is 5.16. The Morgan fingerprint density at radius 1 is 1.24 bits per heavy atom. The second-order valence-electron chi connectivity index (χ2n) is 5.26. The van der Waals surface area contributed by atoms with Gasteiger partial charge in [0, 0.05) is 26.2 Å². The van der Waals surface area contributed by atoms with Gasteiger partial charge in [-0.05, 0) is 25.5 Å². The summed E-state index contributed by atoms with van der Waals surface area (Å²) in [5.74, 6) is -0.104. The maximum absolute atomic E-state index is 12.0. The highest BCUT2D eigenvalue weighted by molar-refractivity contribution is 5.75. The number of hydrogen-bond acceptors (Lipinski definition) is 5. The lowest BCUT2D eigenvalue weighted by molar-refractivity contribution is -0.149. The fourth-order valence-corrected chi connectivity index (χ4v) is 2.86. The highest BCUT2D eigenvalue weighted by Crippen LogP contribution is 2.24. The van der Waals surface area contributed by atoms with Gasteiger partial charge in [-0.25, -0.2) is 0 Å². The van der Waals surface area contributed by atoms with Crippen LogP contribution in [0.4, 0.5) is 11.4 Å². The van der Waals surface area contributed by atoms with Crippen molar-refractivity contribution in [1.82, 2.24) is 4.90 Å². The van der Waals surface area contributed by atoms with Gasteiger partial charge in [0.05, 0.1) is 18.0 Å². The minimum absolute atomic E-state index is 0.104. The monoisotopic (exact) mass is 291 g/mol. The van der Waals surface area contributed by atoms with Crippen LogP contribution in [0.2, 0.25) is 0 Å². The Kier molecular flexibility index (Phi) is 5.44. The third kappa shape index (κ3) is 3.67. The lowest BCUT2D eigenvalue weighted by atomic mass is 10.1. The fraction of sp³-hybridized carbons (Fsp3) is 0.562. The van der Waals surface area contributed by atoms with E-state index >= 15 is 0 Å². The molecule has 1 heterocycles. The van der Waals surface area contributed by atoms with Gasteiger partial charge in [0.25, 0.3) is 0 Å². The first-order valence-electron chi connectivity index (χ1n) is 7.67. The molecule has 116 valence electrons. The first-order valence-corrected chi connectivity index (χ1v) is 7.67. The molecule has 1 aromatic rings. The van der Waals surface area contributed by atoms with Gasteiger partial charge < -0.3 is 15.4 Å². The van der Waals surface area contributed by atoms with Gasteiger partial charge in [-0.15, -0.1) is 0 Å². The molecule has 0 radical (unpaired) electrons. The lowest BCUT2D eigenvalue weighted by Gasteiger charge is -2.39. The molecule has 0 bridgehead atoms. The first kappa shape index (κ1) is 15.6. The maximum atomic E-state index is 12.0. The normalized spacial score (nSPS) is 17.5. The molecule has 1 atom stereocenters. The minimum atomic E-state index is -0.125. The second kappa shape index (κ2) is 7.31. The molecule has 1 aliphatic rings. The zero-order valence-corrected chi connectivity index (χ0v) is 12.9. The smallest absolute Gasteiger partial charge is 0.323 e. The van der Waals surface area contributed by atoms with Gasteiger partial charge in [0.1, 0.15) is 6.04 Å². The molecule has 1 fully saturated rings. The number of hydrogen-bond donors (Lipinski definition) is 1. The largest absolute Gasteiger partial charge is 0.465 e. The molecular formula is C16H25N3O2. The number of benzene rings is 1. The van der Waals surface area contributed by atoms with E-state index < -0.39 is 0 Å². The van der Waals surface area contributed by atoms with Crippen LogP contribution in [0.3, 0.4) is 0 Å². The van der Waals surface area contributed by atoms with Gasteiger partial charge in [0.2, 0.25) is 0 Å². The maximum Gasteiger partial charge on any atom is 0.323 e. The van der Waals surface area contributed by atoms with Gasteiger partial charge in [-0.3, -0.25) is 9.69 Å². The third-order valence-electron chi connectivity index (χ3n) is 3.98. The van der Waals surface area contributed by atoms with Crippen LogP contribution >= 0.6 is 0 Å². The van der Waals surface area contributed by atoms with E-state index in [-0.39, 0.29) is 12.0 Å². The minimum Gasteiger partial charge on any atom is -0.465 e. The number of piperazine rings is 1. The predicted molar refractivity (Wildman–Crippen MR) is 85.4 cm³/mol. The summed E-state index contributed by atoms with van der Waals surface area (Å²) in [6, 6.07) is 7.80. The standard InChI is InChI=1S/C16H25N3O2/c1-3-14(16(20)21-4-2)18-9-11-19(12-10-18)15-8-6-5-7-13(15)17/h5-8,14H,3-4,9-12,17H2,1-2H3. The summed E-state index contributed by atoms with van der Waals surface area (Å²) >= 11 is 0. The summed E-state index contributed by atoms with van der Waals surface area (Å²) in [6.07, 6.45) is 0.784. The number of nitrogens with two attached hydrogens (primary N) is 1. The number of nitrogen functional groups attached to an aromatic ring is 1. The molecule has 0 spiro atoms. The Bertz CT molecular complexity index is 470. The Labute approximate surface area is 126 Å². The van der Waals surface area contributed by atoms with Gasteiger partial charge in [-0.1, -0.05) is 19.1 Å². The average Bonchev–Trinajstić information content (AvgIpc) is 2.50. The van der Waals surface area contributed by atoms with Crippen LogP contribution < -0.4 is 10.6 Å². The Hall–Kier alpha value is -1.75. The van der Waals surface area contributed by atoms with E-state index in [0.29, 0.717) is 6.61 Å². The Balaban J connectivity index is 1.96. The van der Waals surface area contributed by atoms with E-state index in [0.717, 1.165) is 44.0 Å². The molecule has 1 aliphatic heterocycles. The molecule has 5 nitrogen and oxygen atoms in total. The SMILES string of the molecule is CCOC(=O)C(CC)N1CCN(c2ccccc2N)CC1. The molecule has 5 heteroatoms. The molecule has 1 aromatic carbocycles. The topological polar surface area (TPSA) is 58.8 Å². The number of rotatable bonds is 5. The zero-order valence-electron chi connectivity index (χ0n) is 12.9. The summed E-state index contributed by atoms with van der Waals surface area (Å²) in [5.41, 5.74) is 7.92. The van der Waals surface area contributed by atoms with Crippen molar-refractivity contribution in [3.05, 3.63) is 24.3 Å². The van der Waals surface area contributed by atoms with Crippen molar-refractivity contribution < 1.29 is 9.53 Å². The average molecular weight is 291 g/mol. The molecular weight excluding hydrogens is 266 g/mol. The van der Waals surface area contributed by atoms with Crippen LogP contribution in [0.1, 0.15) is 20.3 Å². The van der Waals surface area contributed by atoms with Crippen LogP contribution in [0.25, 0.3) is 0 Å². The number of anilines is 2. The number of para-hydroxylation sites is 2. The van der Waals surface area contributed by atoms with E-state index in [4.69, 9.17) is 10.5 Å². The number of carbonyl (C=O) groups excluding carboxylic acids is 1. The van der Waals surface area contributed by atoms with Gasteiger partial charge >= 0.3 is 5.97 Å². The van der Waals surface area contributed by atoms with Crippen molar-refractivity contribution in [2.75, 3.05) is 43.4 Å². The van der Waals surface area contributed by atoms with Gasteiger partial charge in [-0.2, -0.15) is 0 Å². The van der Waals surface area contributed by atoms with Crippen LogP contribution in [-0.2, 0) is 9.53 Å². The number of esters is 1. The molecule has 1 saturated heterocycles. The highest BCUT2D eigenvalue weighted by atomic mass is 16.5. The van der Waals surface area contributed by atoms with E-state index in [1.807, 2.05) is 38.1 Å². The molecule has 0 saturated carbocycles. The molecule has 21 heavy (non-hydrogen) atoms. The molecule has 0 aromatic heterocycles. The Morgan fingerprint density at radius 3 is 2.48 bits per heavy atom. The zero-order chi connectivity index (χ0) is 15.2. The Morgan fingerprint density at radius 2 is 1.90 bits per heavy atom. The lowest BCUT2D eigenvalue weighted by Crippen LogP contribution is -2.53. The number of carbonyl (C=O) groups is 1.